The van der Waals surface area contributed by atoms with E-state index in [2.05, 4.69) is 26.3 Å². The number of imidazole rings is 1. The Morgan fingerprint density at radius 3 is 2.86 bits per heavy atom. The second-order valence-corrected chi connectivity index (χ2v) is 10.3. The summed E-state index contributed by atoms with van der Waals surface area (Å²) in [5.41, 5.74) is 2.71. The van der Waals surface area contributed by atoms with Crippen molar-refractivity contribution in [2.45, 2.75) is 25.7 Å². The van der Waals surface area contributed by atoms with Crippen LogP contribution >= 0.6 is 0 Å². The molecule has 1 N–H and O–H groups in total. The van der Waals surface area contributed by atoms with Gasteiger partial charge in [-0.15, -0.1) is 0 Å². The van der Waals surface area contributed by atoms with E-state index < -0.39 is 15.8 Å². The maximum atomic E-state index is 13.0. The number of sulfone groups is 1. The number of carbonyl (C=O) groups excluding carboxylic acids is 1. The van der Waals surface area contributed by atoms with Crippen molar-refractivity contribution >= 4 is 32.4 Å². The molecule has 3 aromatic heterocycles. The minimum atomic E-state index is -3.07. The lowest BCUT2D eigenvalue weighted by Gasteiger charge is -2.37. The molecule has 0 spiro atoms. The summed E-state index contributed by atoms with van der Waals surface area (Å²) in [4.78, 5) is 27.1. The van der Waals surface area contributed by atoms with E-state index in [0.29, 0.717) is 25.4 Å². The third-order valence-corrected chi connectivity index (χ3v) is 8.04. The van der Waals surface area contributed by atoms with Crippen LogP contribution in [0, 0.1) is 11.8 Å². The Balaban J connectivity index is 1.47. The van der Waals surface area contributed by atoms with E-state index in [1.165, 1.54) is 0 Å². The zero-order chi connectivity index (χ0) is 19.5. The highest BCUT2D eigenvalue weighted by Crippen LogP contribution is 2.34. The Labute approximate surface area is 162 Å². The predicted octanol–water partition coefficient (Wildman–Crippen LogP) is 1.60. The molecular formula is C19H23N5O3S. The topological polar surface area (TPSA) is 100 Å². The Bertz CT molecular complexity index is 1160. The first-order valence-corrected chi connectivity index (χ1v) is 11.5. The summed E-state index contributed by atoms with van der Waals surface area (Å²) in [6.45, 7) is 3.45. The molecule has 0 aromatic carbocycles. The van der Waals surface area contributed by atoms with Crippen LogP contribution in [0.4, 0.5) is 0 Å². The average molecular weight is 401 g/mol. The van der Waals surface area contributed by atoms with Crippen LogP contribution in [0.25, 0.3) is 16.7 Å². The Kier molecular flexibility index (Phi) is 3.97. The molecule has 0 radical (unpaired) electrons. The number of hydrogen-bond donors (Lipinski definition) is 1. The van der Waals surface area contributed by atoms with Crippen molar-refractivity contribution in [2.24, 2.45) is 11.8 Å². The highest BCUT2D eigenvalue weighted by atomic mass is 32.2. The molecule has 0 aliphatic carbocycles. The minimum Gasteiger partial charge on any atom is -0.345 e. The minimum absolute atomic E-state index is 0.00942. The summed E-state index contributed by atoms with van der Waals surface area (Å²) < 4.78 is 25.7. The van der Waals surface area contributed by atoms with Gasteiger partial charge < -0.3 is 9.88 Å². The van der Waals surface area contributed by atoms with E-state index in [1.807, 2.05) is 23.4 Å². The van der Waals surface area contributed by atoms with Gasteiger partial charge >= 0.3 is 0 Å². The van der Waals surface area contributed by atoms with Gasteiger partial charge in [-0.3, -0.25) is 9.20 Å². The molecule has 2 saturated heterocycles. The molecular weight excluding hydrogens is 378 g/mol. The zero-order valence-electron chi connectivity index (χ0n) is 15.7. The molecule has 2 fully saturated rings. The SMILES string of the molecule is C[C@@H]1CCN(C(=O)[C@@H]2CCS(=O)(=O)C2)C[C@@H]1c1ncc2cnc3[nH]ccc3n12. The standard InChI is InChI=1S/C19H23N5O3S/c1-12-3-6-23(19(25)13-4-7-28(26,27)11-13)10-15(12)18-22-9-14-8-21-17-16(24(14)18)2-5-20-17/h2,5,8-9,12-13,15,20H,3-4,6-7,10-11H2,1H3/t12-,13-,15+/m1/s1. The average Bonchev–Trinajstić information content (AvgIpc) is 3.38. The van der Waals surface area contributed by atoms with E-state index >= 15 is 0 Å². The van der Waals surface area contributed by atoms with Crippen LogP contribution in [-0.4, -0.2) is 63.2 Å². The van der Waals surface area contributed by atoms with Gasteiger partial charge in [-0.1, -0.05) is 6.92 Å². The summed E-state index contributed by atoms with van der Waals surface area (Å²) in [7, 11) is -3.07. The summed E-state index contributed by atoms with van der Waals surface area (Å²) >= 11 is 0. The monoisotopic (exact) mass is 401 g/mol. The number of aromatic nitrogens is 4. The van der Waals surface area contributed by atoms with E-state index in [9.17, 15) is 13.2 Å². The molecule has 9 heteroatoms. The zero-order valence-corrected chi connectivity index (χ0v) is 16.5. The number of amides is 1. The van der Waals surface area contributed by atoms with Gasteiger partial charge in [0, 0.05) is 25.2 Å². The summed E-state index contributed by atoms with van der Waals surface area (Å²) in [5, 5.41) is 0. The Hall–Kier alpha value is -2.42. The van der Waals surface area contributed by atoms with E-state index in [1.54, 1.807) is 6.20 Å². The number of aromatic amines is 1. The highest BCUT2D eigenvalue weighted by molar-refractivity contribution is 7.91. The number of fused-ring (bicyclic) bond motifs is 3. The van der Waals surface area contributed by atoms with Crippen molar-refractivity contribution in [3.8, 4) is 0 Å². The van der Waals surface area contributed by atoms with Crippen molar-refractivity contribution in [1.82, 2.24) is 24.3 Å². The first-order chi connectivity index (χ1) is 13.4. The number of H-pyrrole nitrogens is 1. The van der Waals surface area contributed by atoms with Gasteiger partial charge in [0.15, 0.2) is 15.5 Å². The maximum Gasteiger partial charge on any atom is 0.226 e. The summed E-state index contributed by atoms with van der Waals surface area (Å²) in [6.07, 6.45) is 6.81. The van der Waals surface area contributed by atoms with Gasteiger partial charge in [0.05, 0.1) is 40.9 Å². The van der Waals surface area contributed by atoms with Gasteiger partial charge in [-0.2, -0.15) is 0 Å². The third kappa shape index (κ3) is 2.80. The summed E-state index contributed by atoms with van der Waals surface area (Å²) in [5.74, 6) is 1.11. The number of nitrogens with one attached hydrogen (secondary N) is 1. The number of nitrogens with zero attached hydrogens (tertiary/aromatic N) is 4. The first-order valence-electron chi connectivity index (χ1n) is 9.71. The van der Waals surface area contributed by atoms with Gasteiger partial charge in [-0.05, 0) is 24.8 Å². The maximum absolute atomic E-state index is 13.0. The van der Waals surface area contributed by atoms with E-state index in [4.69, 9.17) is 0 Å². The van der Waals surface area contributed by atoms with Gasteiger partial charge in [-0.25, -0.2) is 18.4 Å². The fourth-order valence-electron chi connectivity index (χ4n) is 4.62. The lowest BCUT2D eigenvalue weighted by atomic mass is 9.85. The second-order valence-electron chi connectivity index (χ2n) is 8.10. The second kappa shape index (κ2) is 6.30. The van der Waals surface area contributed by atoms with Crippen molar-refractivity contribution in [1.29, 1.82) is 0 Å². The molecule has 5 heterocycles. The van der Waals surface area contributed by atoms with Crippen molar-refractivity contribution in [2.75, 3.05) is 24.6 Å². The molecule has 1 amide bonds. The van der Waals surface area contributed by atoms with Gasteiger partial charge in [0.25, 0.3) is 0 Å². The van der Waals surface area contributed by atoms with Crippen molar-refractivity contribution in [3.05, 3.63) is 30.5 Å². The normalized spacial score (nSPS) is 27.6. The smallest absolute Gasteiger partial charge is 0.226 e. The van der Waals surface area contributed by atoms with Crippen LogP contribution in [0.5, 0.6) is 0 Å². The fourth-order valence-corrected chi connectivity index (χ4v) is 6.35. The van der Waals surface area contributed by atoms with Crippen LogP contribution in [0.1, 0.15) is 31.5 Å². The van der Waals surface area contributed by atoms with E-state index in [0.717, 1.165) is 28.9 Å². The van der Waals surface area contributed by atoms with Gasteiger partial charge in [0.1, 0.15) is 5.82 Å². The molecule has 8 nitrogen and oxygen atoms in total. The molecule has 2 aliphatic rings. The molecule has 3 atom stereocenters. The number of rotatable bonds is 2. The molecule has 0 unspecified atom stereocenters. The number of carbonyl (C=O) groups is 1. The summed E-state index contributed by atoms with van der Waals surface area (Å²) in [6, 6.07) is 1.99. The van der Waals surface area contributed by atoms with Crippen LogP contribution in [0.15, 0.2) is 24.7 Å². The fraction of sp³-hybridized carbons (Fsp3) is 0.526. The number of hydrogen-bond acceptors (Lipinski definition) is 5. The number of piperidine rings is 1. The quantitative estimate of drug-likeness (QED) is 0.703. The lowest BCUT2D eigenvalue weighted by Crippen LogP contribution is -2.45. The van der Waals surface area contributed by atoms with E-state index in [-0.39, 0.29) is 23.3 Å². The Morgan fingerprint density at radius 1 is 1.25 bits per heavy atom. The highest BCUT2D eigenvalue weighted by Gasteiger charge is 2.39. The van der Waals surface area contributed by atoms with Crippen molar-refractivity contribution < 1.29 is 13.2 Å². The van der Waals surface area contributed by atoms with Crippen molar-refractivity contribution in [3.63, 3.8) is 0 Å². The lowest BCUT2D eigenvalue weighted by molar-refractivity contribution is -0.136. The largest absolute Gasteiger partial charge is 0.345 e. The molecule has 3 aromatic rings. The predicted molar refractivity (Wildman–Crippen MR) is 105 cm³/mol. The van der Waals surface area contributed by atoms with Crippen LogP contribution in [-0.2, 0) is 14.6 Å². The molecule has 2 aliphatic heterocycles. The number of likely N-dealkylation sites (tertiary alicyclic amines) is 1. The Morgan fingerprint density at radius 2 is 2.07 bits per heavy atom. The van der Waals surface area contributed by atoms with Crippen LogP contribution in [0.2, 0.25) is 0 Å². The van der Waals surface area contributed by atoms with Gasteiger partial charge in [0.2, 0.25) is 5.91 Å². The third-order valence-electron chi connectivity index (χ3n) is 6.27. The molecule has 148 valence electrons. The van der Waals surface area contributed by atoms with Crippen LogP contribution in [0.3, 0.4) is 0 Å². The molecule has 5 rings (SSSR count). The van der Waals surface area contributed by atoms with Crippen LogP contribution < -0.4 is 0 Å². The first kappa shape index (κ1) is 17.7. The molecule has 0 saturated carbocycles. The molecule has 28 heavy (non-hydrogen) atoms. The molecule has 0 bridgehead atoms.